The lowest BCUT2D eigenvalue weighted by Crippen LogP contribution is -2.34. The van der Waals surface area contributed by atoms with Gasteiger partial charge in [0.25, 0.3) is 0 Å². The van der Waals surface area contributed by atoms with E-state index in [-0.39, 0.29) is 0 Å². The first-order chi connectivity index (χ1) is 11.4. The van der Waals surface area contributed by atoms with Crippen molar-refractivity contribution in [2.75, 3.05) is 26.2 Å². The summed E-state index contributed by atoms with van der Waals surface area (Å²) in [4.78, 5) is 4.29. The molecular formula is C19H23N3O. The third kappa shape index (κ3) is 5.02. The Labute approximate surface area is 137 Å². The van der Waals surface area contributed by atoms with E-state index in [1.807, 2.05) is 18.2 Å². The lowest BCUT2D eigenvalue weighted by atomic mass is 10.1. The van der Waals surface area contributed by atoms with E-state index in [0.717, 1.165) is 44.2 Å². The SMILES string of the molecule is c1ccc(Cc2ccc(OCCCNC3=NCCN3)cc2)cc1. The molecule has 0 saturated heterocycles. The van der Waals surface area contributed by atoms with Gasteiger partial charge in [0.05, 0.1) is 13.2 Å². The van der Waals surface area contributed by atoms with Gasteiger partial charge in [-0.15, -0.1) is 0 Å². The normalized spacial score (nSPS) is 13.3. The maximum atomic E-state index is 5.78. The highest BCUT2D eigenvalue weighted by Crippen LogP contribution is 2.15. The zero-order valence-electron chi connectivity index (χ0n) is 13.3. The Morgan fingerprint density at radius 2 is 1.78 bits per heavy atom. The Hall–Kier alpha value is -2.49. The van der Waals surface area contributed by atoms with Gasteiger partial charge in [-0.1, -0.05) is 42.5 Å². The number of nitrogens with one attached hydrogen (secondary N) is 2. The Morgan fingerprint density at radius 1 is 1.00 bits per heavy atom. The van der Waals surface area contributed by atoms with Crippen LogP contribution in [-0.2, 0) is 6.42 Å². The molecule has 0 aliphatic carbocycles. The second kappa shape index (κ2) is 8.22. The summed E-state index contributed by atoms with van der Waals surface area (Å²) in [5.41, 5.74) is 2.63. The van der Waals surface area contributed by atoms with Crippen molar-refractivity contribution in [3.8, 4) is 5.75 Å². The average molecular weight is 309 g/mol. The van der Waals surface area contributed by atoms with Crippen LogP contribution in [0.25, 0.3) is 0 Å². The summed E-state index contributed by atoms with van der Waals surface area (Å²) in [5.74, 6) is 1.84. The molecule has 4 heteroatoms. The quantitative estimate of drug-likeness (QED) is 0.773. The molecule has 2 aromatic carbocycles. The molecule has 1 aliphatic rings. The highest BCUT2D eigenvalue weighted by Gasteiger charge is 2.02. The largest absolute Gasteiger partial charge is 0.494 e. The van der Waals surface area contributed by atoms with Gasteiger partial charge in [0.1, 0.15) is 5.75 Å². The molecule has 0 saturated carbocycles. The topological polar surface area (TPSA) is 45.6 Å². The van der Waals surface area contributed by atoms with E-state index in [0.29, 0.717) is 6.61 Å². The monoisotopic (exact) mass is 309 g/mol. The van der Waals surface area contributed by atoms with Gasteiger partial charge in [-0.2, -0.15) is 0 Å². The van der Waals surface area contributed by atoms with Crippen molar-refractivity contribution < 1.29 is 4.74 Å². The number of hydrogen-bond acceptors (Lipinski definition) is 4. The number of nitrogens with zero attached hydrogens (tertiary/aromatic N) is 1. The van der Waals surface area contributed by atoms with Crippen LogP contribution < -0.4 is 15.4 Å². The molecule has 0 aromatic heterocycles. The molecule has 2 N–H and O–H groups in total. The molecule has 0 fully saturated rings. The first-order valence-electron chi connectivity index (χ1n) is 8.18. The van der Waals surface area contributed by atoms with Crippen molar-refractivity contribution in [3.05, 3.63) is 65.7 Å². The van der Waals surface area contributed by atoms with Gasteiger partial charge in [0.15, 0.2) is 5.96 Å². The fourth-order valence-corrected chi connectivity index (χ4v) is 2.52. The number of hydrogen-bond donors (Lipinski definition) is 2. The van der Waals surface area contributed by atoms with Crippen LogP contribution in [0.1, 0.15) is 17.5 Å². The lowest BCUT2D eigenvalue weighted by Gasteiger charge is -2.09. The first kappa shape index (κ1) is 15.4. The van der Waals surface area contributed by atoms with Gasteiger partial charge in [0, 0.05) is 13.1 Å². The Kier molecular flexibility index (Phi) is 5.51. The Bertz CT molecular complexity index is 623. The van der Waals surface area contributed by atoms with Crippen molar-refractivity contribution in [1.29, 1.82) is 0 Å². The minimum absolute atomic E-state index is 0.707. The average Bonchev–Trinajstić information content (AvgIpc) is 3.10. The maximum absolute atomic E-state index is 5.78. The molecule has 0 spiro atoms. The Balaban J connectivity index is 1.37. The number of guanidine groups is 1. The fraction of sp³-hybridized carbons (Fsp3) is 0.316. The van der Waals surface area contributed by atoms with Crippen molar-refractivity contribution in [2.45, 2.75) is 12.8 Å². The van der Waals surface area contributed by atoms with E-state index in [2.05, 4.69) is 52.0 Å². The molecule has 4 nitrogen and oxygen atoms in total. The molecule has 120 valence electrons. The highest BCUT2D eigenvalue weighted by molar-refractivity contribution is 5.81. The third-order valence-electron chi connectivity index (χ3n) is 3.73. The molecule has 0 bridgehead atoms. The van der Waals surface area contributed by atoms with E-state index in [4.69, 9.17) is 4.74 Å². The van der Waals surface area contributed by atoms with Gasteiger partial charge in [0.2, 0.25) is 0 Å². The van der Waals surface area contributed by atoms with Gasteiger partial charge in [-0.25, -0.2) is 0 Å². The van der Waals surface area contributed by atoms with Gasteiger partial charge < -0.3 is 15.4 Å². The smallest absolute Gasteiger partial charge is 0.191 e. The van der Waals surface area contributed by atoms with Crippen LogP contribution in [0.15, 0.2) is 59.6 Å². The number of rotatable bonds is 7. The second-order valence-corrected chi connectivity index (χ2v) is 5.59. The highest BCUT2D eigenvalue weighted by atomic mass is 16.5. The van der Waals surface area contributed by atoms with Crippen LogP contribution in [0.3, 0.4) is 0 Å². The summed E-state index contributed by atoms with van der Waals surface area (Å²) in [5, 5.41) is 6.45. The molecule has 23 heavy (non-hydrogen) atoms. The molecule has 1 aliphatic heterocycles. The number of benzene rings is 2. The van der Waals surface area contributed by atoms with Crippen molar-refractivity contribution in [1.82, 2.24) is 10.6 Å². The van der Waals surface area contributed by atoms with E-state index >= 15 is 0 Å². The minimum atomic E-state index is 0.707. The van der Waals surface area contributed by atoms with Crippen molar-refractivity contribution in [2.24, 2.45) is 4.99 Å². The zero-order valence-corrected chi connectivity index (χ0v) is 13.3. The molecule has 0 amide bonds. The number of aliphatic imine (C=N–C) groups is 1. The summed E-state index contributed by atoms with van der Waals surface area (Å²) >= 11 is 0. The van der Waals surface area contributed by atoms with Gasteiger partial charge in [-0.05, 0) is 36.1 Å². The lowest BCUT2D eigenvalue weighted by molar-refractivity contribution is 0.311. The van der Waals surface area contributed by atoms with Gasteiger partial charge in [-0.3, -0.25) is 4.99 Å². The molecule has 0 radical (unpaired) electrons. The van der Waals surface area contributed by atoms with Crippen LogP contribution in [0, 0.1) is 0 Å². The number of ether oxygens (including phenoxy) is 1. The standard InChI is InChI=1S/C19H23N3O/c1-2-5-16(6-3-1)15-17-7-9-18(10-8-17)23-14-4-11-20-19-21-12-13-22-19/h1-3,5-10H,4,11-15H2,(H2,20,21,22). The predicted octanol–water partition coefficient (Wildman–Crippen LogP) is 2.60. The minimum Gasteiger partial charge on any atom is -0.494 e. The van der Waals surface area contributed by atoms with Crippen LogP contribution in [0.2, 0.25) is 0 Å². The van der Waals surface area contributed by atoms with Gasteiger partial charge >= 0.3 is 0 Å². The summed E-state index contributed by atoms with van der Waals surface area (Å²) in [7, 11) is 0. The summed E-state index contributed by atoms with van der Waals surface area (Å²) in [6.45, 7) is 3.39. The summed E-state index contributed by atoms with van der Waals surface area (Å²) in [6, 6.07) is 18.9. The molecule has 1 heterocycles. The molecule has 0 unspecified atom stereocenters. The molecular weight excluding hydrogens is 286 g/mol. The van der Waals surface area contributed by atoms with Crippen molar-refractivity contribution >= 4 is 5.96 Å². The fourth-order valence-electron chi connectivity index (χ4n) is 2.52. The zero-order chi connectivity index (χ0) is 15.7. The van der Waals surface area contributed by atoms with E-state index in [9.17, 15) is 0 Å². The first-order valence-corrected chi connectivity index (χ1v) is 8.18. The molecule has 0 atom stereocenters. The Morgan fingerprint density at radius 3 is 2.52 bits per heavy atom. The van der Waals surface area contributed by atoms with E-state index in [1.54, 1.807) is 0 Å². The van der Waals surface area contributed by atoms with Crippen molar-refractivity contribution in [3.63, 3.8) is 0 Å². The van der Waals surface area contributed by atoms with Crippen LogP contribution in [0.5, 0.6) is 5.75 Å². The van der Waals surface area contributed by atoms with Crippen LogP contribution in [-0.4, -0.2) is 32.2 Å². The molecule has 2 aromatic rings. The predicted molar refractivity (Wildman–Crippen MR) is 94.1 cm³/mol. The summed E-state index contributed by atoms with van der Waals surface area (Å²) in [6.07, 6.45) is 1.91. The van der Waals surface area contributed by atoms with E-state index < -0.39 is 0 Å². The van der Waals surface area contributed by atoms with E-state index in [1.165, 1.54) is 11.1 Å². The molecule has 3 rings (SSSR count). The van der Waals surface area contributed by atoms with Crippen LogP contribution in [0.4, 0.5) is 0 Å². The van der Waals surface area contributed by atoms with Crippen LogP contribution >= 0.6 is 0 Å². The summed E-state index contributed by atoms with van der Waals surface area (Å²) < 4.78 is 5.78. The second-order valence-electron chi connectivity index (χ2n) is 5.59. The maximum Gasteiger partial charge on any atom is 0.191 e. The third-order valence-corrected chi connectivity index (χ3v) is 3.73.